The second-order valence-corrected chi connectivity index (χ2v) is 3.69. The summed E-state index contributed by atoms with van der Waals surface area (Å²) < 4.78 is 18.0. The first-order valence-electron chi connectivity index (χ1n) is 5.44. The van der Waals surface area contributed by atoms with Gasteiger partial charge in [0.25, 0.3) is 0 Å². The molecular weight excluding hydrogens is 235 g/mol. The molecule has 18 heavy (non-hydrogen) atoms. The highest BCUT2D eigenvalue weighted by molar-refractivity contribution is 5.33. The lowest BCUT2D eigenvalue weighted by Gasteiger charge is -2.05. The molecule has 6 heteroatoms. The predicted octanol–water partition coefficient (Wildman–Crippen LogP) is 1.41. The van der Waals surface area contributed by atoms with Crippen molar-refractivity contribution < 1.29 is 8.91 Å². The highest BCUT2D eigenvalue weighted by atomic mass is 19.1. The van der Waals surface area contributed by atoms with Crippen LogP contribution >= 0.6 is 0 Å². The minimum Gasteiger partial charge on any atom is -0.343 e. The molecular formula is C12H11FN4O. The summed E-state index contributed by atoms with van der Waals surface area (Å²) in [6.45, 7) is 0.967. The Morgan fingerprint density at radius 3 is 3.06 bits per heavy atom. The standard InChI is InChI=1S/C12H11FN4O/c13-11-2-1-9(6-14)5-10(11)7-15-4-3-12-16-8-18-17-12/h1-2,5,8,15H,3-4,7H2. The van der Waals surface area contributed by atoms with Crippen LogP contribution < -0.4 is 5.32 Å². The molecule has 0 bridgehead atoms. The van der Waals surface area contributed by atoms with Crippen molar-refractivity contribution >= 4 is 0 Å². The number of nitrogens with one attached hydrogen (secondary N) is 1. The third-order valence-corrected chi connectivity index (χ3v) is 2.42. The van der Waals surface area contributed by atoms with Gasteiger partial charge >= 0.3 is 0 Å². The summed E-state index contributed by atoms with van der Waals surface area (Å²) in [7, 11) is 0. The van der Waals surface area contributed by atoms with Crippen LogP contribution in [0.4, 0.5) is 4.39 Å². The van der Waals surface area contributed by atoms with E-state index in [0.717, 1.165) is 0 Å². The number of hydrogen-bond donors (Lipinski definition) is 1. The fourth-order valence-electron chi connectivity index (χ4n) is 1.51. The molecule has 2 aromatic rings. The normalized spacial score (nSPS) is 10.2. The number of hydrogen-bond acceptors (Lipinski definition) is 5. The Morgan fingerprint density at radius 2 is 2.33 bits per heavy atom. The summed E-state index contributed by atoms with van der Waals surface area (Å²) in [5.74, 6) is 0.287. The van der Waals surface area contributed by atoms with Crippen LogP contribution in [0.25, 0.3) is 0 Å². The van der Waals surface area contributed by atoms with Gasteiger partial charge in [0, 0.05) is 25.1 Å². The van der Waals surface area contributed by atoms with Crippen molar-refractivity contribution in [1.29, 1.82) is 5.26 Å². The molecule has 0 atom stereocenters. The Hall–Kier alpha value is -2.26. The fraction of sp³-hybridized carbons (Fsp3) is 0.250. The molecule has 0 aliphatic carbocycles. The smallest absolute Gasteiger partial charge is 0.213 e. The van der Waals surface area contributed by atoms with E-state index in [1.54, 1.807) is 0 Å². The van der Waals surface area contributed by atoms with Crippen molar-refractivity contribution in [3.05, 3.63) is 47.4 Å². The third-order valence-electron chi connectivity index (χ3n) is 2.42. The number of nitriles is 1. The molecule has 1 aromatic carbocycles. The predicted molar refractivity (Wildman–Crippen MR) is 60.8 cm³/mol. The Bertz CT molecular complexity index is 548. The van der Waals surface area contributed by atoms with E-state index in [-0.39, 0.29) is 5.82 Å². The summed E-state index contributed by atoms with van der Waals surface area (Å²) in [4.78, 5) is 3.87. The summed E-state index contributed by atoms with van der Waals surface area (Å²) in [6, 6.07) is 6.28. The van der Waals surface area contributed by atoms with E-state index in [9.17, 15) is 4.39 Å². The van der Waals surface area contributed by atoms with E-state index >= 15 is 0 Å². The second-order valence-electron chi connectivity index (χ2n) is 3.69. The summed E-state index contributed by atoms with van der Waals surface area (Å²) in [5, 5.41) is 15.5. The molecule has 1 aromatic heterocycles. The first-order chi connectivity index (χ1) is 8.79. The first kappa shape index (κ1) is 12.2. The number of benzene rings is 1. The molecule has 5 nitrogen and oxygen atoms in total. The molecule has 0 saturated heterocycles. The minimum atomic E-state index is -0.318. The van der Waals surface area contributed by atoms with Gasteiger partial charge in [-0.2, -0.15) is 10.2 Å². The molecule has 0 aliphatic heterocycles. The van der Waals surface area contributed by atoms with Gasteiger partial charge < -0.3 is 9.84 Å². The number of nitrogens with zero attached hydrogens (tertiary/aromatic N) is 3. The van der Waals surface area contributed by atoms with E-state index in [2.05, 4.69) is 20.0 Å². The zero-order valence-corrected chi connectivity index (χ0v) is 9.56. The van der Waals surface area contributed by atoms with Crippen molar-refractivity contribution in [3.8, 4) is 6.07 Å². The van der Waals surface area contributed by atoms with Crippen molar-refractivity contribution in [1.82, 2.24) is 15.5 Å². The highest BCUT2D eigenvalue weighted by Gasteiger charge is 2.04. The Morgan fingerprint density at radius 1 is 1.44 bits per heavy atom. The van der Waals surface area contributed by atoms with E-state index in [1.807, 2.05) is 6.07 Å². The van der Waals surface area contributed by atoms with Gasteiger partial charge in [-0.15, -0.1) is 0 Å². The average Bonchev–Trinajstić information content (AvgIpc) is 2.89. The molecule has 92 valence electrons. The van der Waals surface area contributed by atoms with Crippen LogP contribution in [0, 0.1) is 17.1 Å². The third kappa shape index (κ3) is 3.12. The lowest BCUT2D eigenvalue weighted by atomic mass is 10.1. The molecule has 1 N–H and O–H groups in total. The zero-order chi connectivity index (χ0) is 12.8. The van der Waals surface area contributed by atoms with Crippen molar-refractivity contribution in [2.75, 3.05) is 6.54 Å². The zero-order valence-electron chi connectivity index (χ0n) is 9.56. The number of rotatable bonds is 5. The molecule has 0 unspecified atom stereocenters. The van der Waals surface area contributed by atoms with Gasteiger partial charge in [0.05, 0.1) is 11.6 Å². The molecule has 0 fully saturated rings. The molecule has 0 spiro atoms. The highest BCUT2D eigenvalue weighted by Crippen LogP contribution is 2.09. The van der Waals surface area contributed by atoms with E-state index in [4.69, 9.17) is 5.26 Å². The molecule has 0 radical (unpaired) electrons. The summed E-state index contributed by atoms with van der Waals surface area (Å²) in [6.07, 6.45) is 1.88. The van der Waals surface area contributed by atoms with Gasteiger partial charge in [0.15, 0.2) is 5.82 Å². The molecule has 0 aliphatic rings. The number of halogens is 1. The maximum absolute atomic E-state index is 13.4. The van der Waals surface area contributed by atoms with Gasteiger partial charge in [-0.05, 0) is 18.2 Å². The quantitative estimate of drug-likeness (QED) is 0.807. The second kappa shape index (κ2) is 5.89. The van der Waals surface area contributed by atoms with Gasteiger partial charge in [-0.1, -0.05) is 5.16 Å². The fourth-order valence-corrected chi connectivity index (χ4v) is 1.51. The van der Waals surface area contributed by atoms with Gasteiger partial charge in [-0.3, -0.25) is 0 Å². The van der Waals surface area contributed by atoms with Crippen LogP contribution in [-0.4, -0.2) is 16.7 Å². The van der Waals surface area contributed by atoms with Crippen LogP contribution in [0.5, 0.6) is 0 Å². The summed E-state index contributed by atoms with van der Waals surface area (Å²) >= 11 is 0. The lowest BCUT2D eigenvalue weighted by Crippen LogP contribution is -2.18. The Balaban J connectivity index is 1.85. The molecule has 2 rings (SSSR count). The van der Waals surface area contributed by atoms with Crippen LogP contribution in [0.2, 0.25) is 0 Å². The SMILES string of the molecule is N#Cc1ccc(F)c(CNCCc2ncon2)c1. The summed E-state index contributed by atoms with van der Waals surface area (Å²) in [5.41, 5.74) is 0.925. The maximum atomic E-state index is 13.4. The van der Waals surface area contributed by atoms with Gasteiger partial charge in [0.1, 0.15) is 5.82 Å². The lowest BCUT2D eigenvalue weighted by molar-refractivity contribution is 0.409. The topological polar surface area (TPSA) is 74.7 Å². The van der Waals surface area contributed by atoms with Gasteiger partial charge in [-0.25, -0.2) is 4.39 Å². The average molecular weight is 246 g/mol. The van der Waals surface area contributed by atoms with Crippen molar-refractivity contribution in [2.24, 2.45) is 0 Å². The van der Waals surface area contributed by atoms with Crippen LogP contribution in [0.15, 0.2) is 29.1 Å². The first-order valence-corrected chi connectivity index (χ1v) is 5.44. The molecule has 0 saturated carbocycles. The van der Waals surface area contributed by atoms with Crippen LogP contribution in [0.3, 0.4) is 0 Å². The van der Waals surface area contributed by atoms with Gasteiger partial charge in [0.2, 0.25) is 6.39 Å². The molecule has 0 amide bonds. The maximum Gasteiger partial charge on any atom is 0.213 e. The minimum absolute atomic E-state index is 0.318. The van der Waals surface area contributed by atoms with E-state index in [1.165, 1.54) is 24.6 Å². The van der Waals surface area contributed by atoms with Crippen molar-refractivity contribution in [2.45, 2.75) is 13.0 Å². The molecule has 1 heterocycles. The van der Waals surface area contributed by atoms with Crippen molar-refractivity contribution in [3.63, 3.8) is 0 Å². The Labute approximate surface area is 103 Å². The monoisotopic (exact) mass is 246 g/mol. The van der Waals surface area contributed by atoms with E-state index in [0.29, 0.717) is 36.5 Å². The van der Waals surface area contributed by atoms with Crippen LogP contribution in [-0.2, 0) is 13.0 Å². The number of aromatic nitrogens is 2. The van der Waals surface area contributed by atoms with Crippen LogP contribution in [0.1, 0.15) is 17.0 Å². The largest absolute Gasteiger partial charge is 0.343 e. The van der Waals surface area contributed by atoms with E-state index < -0.39 is 0 Å². The Kier molecular flexibility index (Phi) is 3.99.